The van der Waals surface area contributed by atoms with Crippen LogP contribution in [0.5, 0.6) is 0 Å². The molecule has 1 saturated heterocycles. The van der Waals surface area contributed by atoms with Crippen molar-refractivity contribution >= 4 is 53.2 Å². The fourth-order valence-corrected chi connectivity index (χ4v) is 10.8. The molecule has 0 unspecified atom stereocenters. The van der Waals surface area contributed by atoms with Crippen LogP contribution in [0.3, 0.4) is 0 Å². The Labute approximate surface area is 385 Å². The first kappa shape index (κ1) is 47.2. The van der Waals surface area contributed by atoms with E-state index in [0.717, 1.165) is 0 Å². The zero-order valence-corrected chi connectivity index (χ0v) is 38.1. The molecule has 2 aliphatic rings. The molecule has 9 heteroatoms. The number of nitrogens with zero attached hydrogens (tertiary/aromatic N) is 2. The molecule has 0 aromatic heterocycles. The molecule has 7 aromatic carbocycles. The summed E-state index contributed by atoms with van der Waals surface area (Å²) >= 11 is 0. The second-order valence-corrected chi connectivity index (χ2v) is 17.8. The van der Waals surface area contributed by atoms with Crippen LogP contribution in [0.25, 0.3) is 10.8 Å². The standard InChI is InChI=1S/C46H40N2P.C8H12.BF4.Rh/c1-34(2)40-28-17-18-30-42(40)47-33-48(45(37-22-9-4-10-23-37)44(47)36-20-7-3-8-21-36)46-41-29-16-15-19-35(41)31-32-43(46)49(38-24-11-5-12-25-38)39-26-13-6-14-27-39;1-2-4-6-8-7-5-3-1;2-1(3,4)5;/h3-34,44-45H,1-2H3;1-2,7-8H,3-6H2;;/q-1;;-1;+2/b;2-1-,8-7-;;/t44-,45-;;;/m0.../s1. The van der Waals surface area contributed by atoms with Crippen LogP contribution in [0.15, 0.2) is 206 Å². The summed E-state index contributed by atoms with van der Waals surface area (Å²) in [7, 11) is -6.88. The van der Waals surface area contributed by atoms with E-state index in [0.29, 0.717) is 5.92 Å². The van der Waals surface area contributed by atoms with E-state index in [-0.39, 0.29) is 31.6 Å². The smallest absolute Gasteiger partial charge is 0.495 e. The van der Waals surface area contributed by atoms with E-state index in [1.54, 1.807) is 0 Å². The molecule has 323 valence electrons. The third-order valence-corrected chi connectivity index (χ3v) is 13.5. The minimum atomic E-state index is -6.00. The zero-order valence-electron chi connectivity index (χ0n) is 35.5. The summed E-state index contributed by atoms with van der Waals surface area (Å²) in [5.74, 6) is 0.377. The molecule has 1 aliphatic heterocycles. The van der Waals surface area contributed by atoms with E-state index in [4.69, 9.17) is 0 Å². The Hall–Kier alpha value is -5.28. The Balaban J connectivity index is 0.000000409. The Morgan fingerprint density at radius 2 is 0.921 bits per heavy atom. The number of benzene rings is 7. The van der Waals surface area contributed by atoms with Crippen LogP contribution >= 0.6 is 7.92 Å². The maximum absolute atomic E-state index is 9.75. The van der Waals surface area contributed by atoms with Gasteiger partial charge in [-0.05, 0) is 78.3 Å². The van der Waals surface area contributed by atoms with Crippen LogP contribution < -0.4 is 25.7 Å². The van der Waals surface area contributed by atoms with E-state index in [1.165, 1.54) is 80.4 Å². The Bertz CT molecular complexity index is 2450. The fraction of sp³-hybridized carbons (Fsp3) is 0.167. The van der Waals surface area contributed by atoms with Gasteiger partial charge in [0.1, 0.15) is 0 Å². The van der Waals surface area contributed by atoms with Crippen molar-refractivity contribution in [2.45, 2.75) is 57.5 Å². The molecular formula is C54H52BF4N2PRh. The molecule has 1 radical (unpaired) electrons. The van der Waals surface area contributed by atoms with Gasteiger partial charge in [-0.3, -0.25) is 0 Å². The maximum atomic E-state index is 9.75. The molecule has 1 heterocycles. The zero-order chi connectivity index (χ0) is 43.3. The maximum Gasteiger partial charge on any atom is 2.00 e. The molecule has 1 fully saturated rings. The number of fused-ring (bicyclic) bond motifs is 1. The molecule has 0 amide bonds. The van der Waals surface area contributed by atoms with Crippen LogP contribution in [0.2, 0.25) is 0 Å². The minimum Gasteiger partial charge on any atom is -0.495 e. The Kier molecular flexibility index (Phi) is 17.1. The first-order valence-electron chi connectivity index (χ1n) is 21.4. The molecule has 0 saturated carbocycles. The third kappa shape index (κ3) is 12.3. The van der Waals surface area contributed by atoms with Gasteiger partial charge in [0.05, 0.1) is 12.1 Å². The Morgan fingerprint density at radius 3 is 1.41 bits per heavy atom. The minimum absolute atomic E-state index is 0. The summed E-state index contributed by atoms with van der Waals surface area (Å²) in [6, 6.07) is 67.0. The van der Waals surface area contributed by atoms with Gasteiger partial charge in [0, 0.05) is 22.1 Å². The number of para-hydroxylation sites is 1. The molecule has 1 aliphatic carbocycles. The molecule has 2 nitrogen and oxygen atoms in total. The molecular weight excluding hydrogens is 897 g/mol. The van der Waals surface area contributed by atoms with Gasteiger partial charge in [-0.2, -0.15) is 6.67 Å². The topological polar surface area (TPSA) is 6.48 Å². The van der Waals surface area contributed by atoms with Crippen molar-refractivity contribution in [3.05, 3.63) is 230 Å². The second kappa shape index (κ2) is 22.9. The average molecular weight is 950 g/mol. The SMILES string of the molecule is C1=C\CC/C=C\CC/1.CC(C)c1ccccc1N1[CH-]N(c2c(P(c3ccccc3)c3ccccc3)ccc3ccccc23)[C@@H](c2ccccc2)[C@@H]1c1ccccc1.F[B-](F)(F)F.[Rh+2]. The number of halogens is 4. The molecule has 7 aromatic rings. The second-order valence-electron chi connectivity index (χ2n) is 15.6. The summed E-state index contributed by atoms with van der Waals surface area (Å²) in [5.41, 5.74) is 6.46. The van der Waals surface area contributed by atoms with Gasteiger partial charge in [0.25, 0.3) is 0 Å². The number of allylic oxidation sites excluding steroid dienone is 4. The van der Waals surface area contributed by atoms with Crippen molar-refractivity contribution in [1.29, 1.82) is 0 Å². The van der Waals surface area contributed by atoms with E-state index in [9.17, 15) is 17.3 Å². The Morgan fingerprint density at radius 1 is 0.508 bits per heavy atom. The predicted molar refractivity (Wildman–Crippen MR) is 258 cm³/mol. The van der Waals surface area contributed by atoms with Crippen molar-refractivity contribution in [3.8, 4) is 0 Å². The molecule has 0 N–H and O–H groups in total. The molecule has 63 heavy (non-hydrogen) atoms. The van der Waals surface area contributed by atoms with Gasteiger partial charge < -0.3 is 27.1 Å². The van der Waals surface area contributed by atoms with Crippen molar-refractivity contribution in [1.82, 2.24) is 0 Å². The molecule has 9 rings (SSSR count). The van der Waals surface area contributed by atoms with Gasteiger partial charge in [-0.25, -0.2) is 0 Å². The summed E-state index contributed by atoms with van der Waals surface area (Å²) in [6.45, 7) is 7.02. The molecule has 0 bridgehead atoms. The number of hydrogen-bond acceptors (Lipinski definition) is 2. The van der Waals surface area contributed by atoms with E-state index in [1.807, 2.05) is 0 Å². The first-order chi connectivity index (χ1) is 30.2. The molecule has 2 atom stereocenters. The normalized spacial score (nSPS) is 17.1. The van der Waals surface area contributed by atoms with Crippen molar-refractivity contribution in [2.24, 2.45) is 0 Å². The largest absolute Gasteiger partial charge is 2.00 e. The van der Waals surface area contributed by atoms with E-state index >= 15 is 0 Å². The van der Waals surface area contributed by atoms with Crippen molar-refractivity contribution in [3.63, 3.8) is 0 Å². The first-order valence-corrected chi connectivity index (χ1v) is 22.7. The van der Waals surface area contributed by atoms with Crippen LogP contribution in [-0.4, -0.2) is 7.25 Å². The summed E-state index contributed by atoms with van der Waals surface area (Å²) in [4.78, 5) is 5.17. The summed E-state index contributed by atoms with van der Waals surface area (Å²) in [5, 5.41) is 6.56. The van der Waals surface area contributed by atoms with Crippen LogP contribution in [-0.2, 0) is 19.5 Å². The quantitative estimate of drug-likeness (QED) is 0.0492. The van der Waals surface area contributed by atoms with Crippen molar-refractivity contribution in [2.75, 3.05) is 9.80 Å². The number of rotatable bonds is 8. The third-order valence-electron chi connectivity index (χ3n) is 11.0. The van der Waals surface area contributed by atoms with Gasteiger partial charge in [0.15, 0.2) is 0 Å². The van der Waals surface area contributed by atoms with Crippen LogP contribution in [0, 0.1) is 6.67 Å². The average Bonchev–Trinajstić information content (AvgIpc) is 3.67. The summed E-state index contributed by atoms with van der Waals surface area (Å²) in [6.07, 6.45) is 14.0. The van der Waals surface area contributed by atoms with Gasteiger partial charge in [-0.15, -0.1) is 0 Å². The van der Waals surface area contributed by atoms with Crippen LogP contribution in [0.4, 0.5) is 28.6 Å². The predicted octanol–water partition coefficient (Wildman–Crippen LogP) is 14.6. The fourth-order valence-electron chi connectivity index (χ4n) is 8.32. The van der Waals surface area contributed by atoms with Crippen molar-refractivity contribution < 1.29 is 36.7 Å². The van der Waals surface area contributed by atoms with Gasteiger partial charge >= 0.3 is 26.7 Å². The van der Waals surface area contributed by atoms with E-state index in [2.05, 4.69) is 237 Å². The molecule has 0 spiro atoms. The monoisotopic (exact) mass is 949 g/mol. The van der Waals surface area contributed by atoms with E-state index < -0.39 is 15.2 Å². The number of anilines is 2. The van der Waals surface area contributed by atoms with Gasteiger partial charge in [-0.1, -0.05) is 214 Å². The van der Waals surface area contributed by atoms with Gasteiger partial charge in [0.2, 0.25) is 0 Å². The number of hydrogen-bond donors (Lipinski definition) is 0. The van der Waals surface area contributed by atoms with Crippen LogP contribution in [0.1, 0.15) is 74.2 Å². The summed E-state index contributed by atoms with van der Waals surface area (Å²) < 4.78 is 39.0.